The molecule has 0 saturated heterocycles. The van der Waals surface area contributed by atoms with Gasteiger partial charge in [-0.1, -0.05) is 6.07 Å². The second kappa shape index (κ2) is 10.2. The molecule has 0 saturated carbocycles. The highest BCUT2D eigenvalue weighted by Gasteiger charge is 2.31. The molecule has 1 atom stereocenters. The predicted octanol–water partition coefficient (Wildman–Crippen LogP) is 4.64. The Bertz CT molecular complexity index is 1140. The molecular formula is C21H21F5N2O4S. The van der Waals surface area contributed by atoms with Crippen molar-refractivity contribution in [3.63, 3.8) is 0 Å². The van der Waals surface area contributed by atoms with Crippen molar-refractivity contribution < 1.29 is 39.9 Å². The number of hydrogen-bond donors (Lipinski definition) is 2. The number of anilines is 1. The molecule has 0 fully saturated rings. The first-order valence-electron chi connectivity index (χ1n) is 9.50. The van der Waals surface area contributed by atoms with Crippen LogP contribution in [0.3, 0.4) is 0 Å². The SMILES string of the molecule is CCOc1cc(C(F)(F)F)ccc1C=CC(=O)N[C@H](C)c1cc(F)c(NS(C)(=O)=O)c(F)c1. The summed E-state index contributed by atoms with van der Waals surface area (Å²) in [5.74, 6) is -3.09. The summed E-state index contributed by atoms with van der Waals surface area (Å²) in [5, 5.41) is 2.46. The van der Waals surface area contributed by atoms with E-state index in [2.05, 4.69) is 5.32 Å². The Kier molecular flexibility index (Phi) is 8.06. The van der Waals surface area contributed by atoms with Gasteiger partial charge in [-0.25, -0.2) is 17.2 Å². The van der Waals surface area contributed by atoms with Crippen molar-refractivity contribution in [2.45, 2.75) is 26.1 Å². The second-order valence-corrected chi connectivity index (χ2v) is 8.73. The lowest BCUT2D eigenvalue weighted by Gasteiger charge is -2.15. The minimum atomic E-state index is -4.56. The molecule has 0 unspecified atom stereocenters. The molecule has 33 heavy (non-hydrogen) atoms. The Labute approximate surface area is 187 Å². The van der Waals surface area contributed by atoms with Crippen LogP contribution in [-0.4, -0.2) is 27.2 Å². The molecule has 0 aromatic heterocycles. The van der Waals surface area contributed by atoms with E-state index in [9.17, 15) is 35.2 Å². The highest BCUT2D eigenvalue weighted by molar-refractivity contribution is 7.92. The van der Waals surface area contributed by atoms with Crippen molar-refractivity contribution >= 4 is 27.7 Å². The molecule has 0 radical (unpaired) electrons. The average Bonchev–Trinajstić information content (AvgIpc) is 2.68. The Morgan fingerprint density at radius 1 is 1.15 bits per heavy atom. The third-order valence-electron chi connectivity index (χ3n) is 4.27. The summed E-state index contributed by atoms with van der Waals surface area (Å²) in [6.45, 7) is 3.14. The van der Waals surface area contributed by atoms with Gasteiger partial charge in [0.05, 0.1) is 24.5 Å². The van der Waals surface area contributed by atoms with Crippen LogP contribution in [0.25, 0.3) is 6.08 Å². The second-order valence-electron chi connectivity index (χ2n) is 6.98. The summed E-state index contributed by atoms with van der Waals surface area (Å²) in [6, 6.07) is 3.68. The maximum absolute atomic E-state index is 14.2. The fourth-order valence-corrected chi connectivity index (χ4v) is 3.33. The van der Waals surface area contributed by atoms with Crippen molar-refractivity contribution in [1.82, 2.24) is 5.32 Å². The molecule has 0 spiro atoms. The molecule has 2 N–H and O–H groups in total. The lowest BCUT2D eigenvalue weighted by molar-refractivity contribution is -0.137. The maximum Gasteiger partial charge on any atom is 0.416 e. The van der Waals surface area contributed by atoms with Gasteiger partial charge in [-0.3, -0.25) is 9.52 Å². The Balaban J connectivity index is 2.18. The maximum atomic E-state index is 14.2. The number of rotatable bonds is 8. The highest BCUT2D eigenvalue weighted by Crippen LogP contribution is 2.33. The topological polar surface area (TPSA) is 84.5 Å². The Hall–Kier alpha value is -3.15. The predicted molar refractivity (Wildman–Crippen MR) is 113 cm³/mol. The van der Waals surface area contributed by atoms with Crippen molar-refractivity contribution in [3.05, 3.63) is 64.7 Å². The third kappa shape index (κ3) is 7.45. The zero-order valence-corrected chi connectivity index (χ0v) is 18.6. The van der Waals surface area contributed by atoms with E-state index in [0.29, 0.717) is 0 Å². The molecular weight excluding hydrogens is 471 g/mol. The molecule has 2 rings (SSSR count). The van der Waals surface area contributed by atoms with Gasteiger partial charge in [0.15, 0.2) is 11.6 Å². The number of hydrogen-bond acceptors (Lipinski definition) is 4. The van der Waals surface area contributed by atoms with Crippen LogP contribution in [0, 0.1) is 11.6 Å². The minimum absolute atomic E-state index is 0.0235. The number of carbonyl (C=O) groups excluding carboxylic acids is 1. The minimum Gasteiger partial charge on any atom is -0.493 e. The zero-order valence-electron chi connectivity index (χ0n) is 17.8. The number of carbonyl (C=O) groups is 1. The fraction of sp³-hybridized carbons (Fsp3) is 0.286. The van der Waals surface area contributed by atoms with Crippen LogP contribution in [0.1, 0.15) is 36.6 Å². The summed E-state index contributed by atoms with van der Waals surface area (Å²) >= 11 is 0. The first kappa shape index (κ1) is 26.1. The van der Waals surface area contributed by atoms with Gasteiger partial charge < -0.3 is 10.1 Å². The average molecular weight is 492 g/mol. The van der Waals surface area contributed by atoms with Gasteiger partial charge in [-0.15, -0.1) is 0 Å². The number of benzene rings is 2. The number of amides is 1. The molecule has 0 aliphatic rings. The van der Waals surface area contributed by atoms with Crippen molar-refractivity contribution in [1.29, 1.82) is 0 Å². The number of alkyl halides is 3. The quantitative estimate of drug-likeness (QED) is 0.415. The summed E-state index contributed by atoms with van der Waals surface area (Å²) in [4.78, 5) is 12.2. The van der Waals surface area contributed by atoms with Gasteiger partial charge in [0, 0.05) is 11.6 Å². The molecule has 1 amide bonds. The van der Waals surface area contributed by atoms with E-state index in [1.54, 1.807) is 11.6 Å². The van der Waals surface area contributed by atoms with Gasteiger partial charge in [0.25, 0.3) is 0 Å². The molecule has 180 valence electrons. The van der Waals surface area contributed by atoms with E-state index in [-0.39, 0.29) is 23.5 Å². The third-order valence-corrected chi connectivity index (χ3v) is 4.84. The molecule has 0 aliphatic carbocycles. The molecule has 0 heterocycles. The number of halogens is 5. The number of sulfonamides is 1. The van der Waals surface area contributed by atoms with Crippen LogP contribution in [0.4, 0.5) is 27.6 Å². The first-order chi connectivity index (χ1) is 15.2. The van der Waals surface area contributed by atoms with Crippen molar-refractivity contribution in [2.75, 3.05) is 17.6 Å². The van der Waals surface area contributed by atoms with Crippen LogP contribution < -0.4 is 14.8 Å². The molecule has 0 aliphatic heterocycles. The molecule has 0 bridgehead atoms. The summed E-state index contributed by atoms with van der Waals surface area (Å²) < 4.78 is 96.4. The monoisotopic (exact) mass is 492 g/mol. The zero-order chi connectivity index (χ0) is 25.0. The van der Waals surface area contributed by atoms with E-state index >= 15 is 0 Å². The van der Waals surface area contributed by atoms with E-state index in [0.717, 1.165) is 42.7 Å². The standard InChI is InChI=1S/C21H21F5N2O4S/c1-4-32-18-11-15(21(24,25)26)7-5-13(18)6-8-19(29)27-12(2)14-9-16(22)20(17(23)10-14)28-33(3,30)31/h5-12,28H,4H2,1-3H3,(H,27,29)/t12-/m1/s1. The highest BCUT2D eigenvalue weighted by atomic mass is 32.2. The molecule has 2 aromatic rings. The lowest BCUT2D eigenvalue weighted by Crippen LogP contribution is -2.25. The van der Waals surface area contributed by atoms with Crippen molar-refractivity contribution in [3.8, 4) is 5.75 Å². The van der Waals surface area contributed by atoms with E-state index in [1.807, 2.05) is 0 Å². The van der Waals surface area contributed by atoms with Gasteiger partial charge in [-0.05, 0) is 49.8 Å². The van der Waals surface area contributed by atoms with E-state index in [1.165, 1.54) is 13.0 Å². The van der Waals surface area contributed by atoms with E-state index in [4.69, 9.17) is 4.74 Å². The number of ether oxygens (including phenoxy) is 1. The summed E-state index contributed by atoms with van der Waals surface area (Å²) in [5.41, 5.74) is -1.50. The van der Waals surface area contributed by atoms with Gasteiger partial charge in [-0.2, -0.15) is 13.2 Å². The smallest absolute Gasteiger partial charge is 0.416 e. The van der Waals surface area contributed by atoms with Crippen LogP contribution in [0.5, 0.6) is 5.75 Å². The fourth-order valence-electron chi connectivity index (χ4n) is 2.76. The molecule has 6 nitrogen and oxygen atoms in total. The van der Waals surface area contributed by atoms with Gasteiger partial charge in [0.1, 0.15) is 11.4 Å². The normalized spacial score (nSPS) is 13.1. The Morgan fingerprint density at radius 3 is 2.27 bits per heavy atom. The molecule has 12 heteroatoms. The van der Waals surface area contributed by atoms with Crippen LogP contribution in [-0.2, 0) is 21.0 Å². The van der Waals surface area contributed by atoms with Crippen LogP contribution in [0.2, 0.25) is 0 Å². The first-order valence-corrected chi connectivity index (χ1v) is 11.4. The Morgan fingerprint density at radius 2 is 1.76 bits per heavy atom. The van der Waals surface area contributed by atoms with Crippen LogP contribution in [0.15, 0.2) is 36.4 Å². The summed E-state index contributed by atoms with van der Waals surface area (Å²) in [6.07, 6.45) is -1.54. The van der Waals surface area contributed by atoms with Gasteiger partial charge >= 0.3 is 6.18 Å². The van der Waals surface area contributed by atoms with Crippen LogP contribution >= 0.6 is 0 Å². The lowest BCUT2D eigenvalue weighted by atomic mass is 10.1. The summed E-state index contributed by atoms with van der Waals surface area (Å²) in [7, 11) is -3.91. The van der Waals surface area contributed by atoms with Crippen molar-refractivity contribution in [2.24, 2.45) is 0 Å². The molecule has 2 aromatic carbocycles. The number of nitrogens with one attached hydrogen (secondary N) is 2. The largest absolute Gasteiger partial charge is 0.493 e. The van der Waals surface area contributed by atoms with E-state index < -0.39 is 51.0 Å². The van der Waals surface area contributed by atoms with Gasteiger partial charge in [0.2, 0.25) is 15.9 Å².